The van der Waals surface area contributed by atoms with Gasteiger partial charge in [0.2, 0.25) is 0 Å². The Morgan fingerprint density at radius 1 is 1.46 bits per heavy atom. The maximum Gasteiger partial charge on any atom is 0.124 e. The number of benzene rings is 1. The second-order valence-electron chi connectivity index (χ2n) is 3.46. The van der Waals surface area contributed by atoms with Crippen LogP contribution in [-0.4, -0.2) is 5.88 Å². The first kappa shape index (κ1) is 9.47. The molecule has 0 nitrogen and oxygen atoms in total. The second kappa shape index (κ2) is 3.58. The van der Waals surface area contributed by atoms with Crippen molar-refractivity contribution in [2.45, 2.75) is 12.3 Å². The van der Waals surface area contributed by atoms with Crippen LogP contribution in [0.2, 0.25) is 0 Å². The average molecular weight is 264 g/mol. The number of halogens is 3. The van der Waals surface area contributed by atoms with Crippen LogP contribution in [-0.2, 0) is 0 Å². The summed E-state index contributed by atoms with van der Waals surface area (Å²) in [5, 5.41) is 0. The fraction of sp³-hybridized carbons (Fsp3) is 0.400. The van der Waals surface area contributed by atoms with Gasteiger partial charge in [0, 0.05) is 10.4 Å². The van der Waals surface area contributed by atoms with E-state index in [-0.39, 0.29) is 5.82 Å². The van der Waals surface area contributed by atoms with Gasteiger partial charge in [-0.3, -0.25) is 0 Å². The molecule has 0 radical (unpaired) electrons. The van der Waals surface area contributed by atoms with Gasteiger partial charge in [-0.05, 0) is 42.0 Å². The van der Waals surface area contributed by atoms with Gasteiger partial charge in [0.05, 0.1) is 0 Å². The van der Waals surface area contributed by atoms with E-state index in [0.717, 1.165) is 16.5 Å². The van der Waals surface area contributed by atoms with Gasteiger partial charge in [-0.2, -0.15) is 0 Å². The quantitative estimate of drug-likeness (QED) is 0.709. The van der Waals surface area contributed by atoms with Gasteiger partial charge in [0.15, 0.2) is 0 Å². The fourth-order valence-electron chi connectivity index (χ4n) is 1.62. The van der Waals surface area contributed by atoms with Crippen molar-refractivity contribution in [2.75, 3.05) is 5.88 Å². The van der Waals surface area contributed by atoms with Crippen LogP contribution < -0.4 is 0 Å². The largest absolute Gasteiger partial charge is 0.207 e. The normalized spacial score (nSPS) is 26.1. The van der Waals surface area contributed by atoms with Gasteiger partial charge in [-0.1, -0.05) is 15.9 Å². The van der Waals surface area contributed by atoms with E-state index in [9.17, 15) is 4.39 Å². The lowest BCUT2D eigenvalue weighted by Gasteiger charge is -2.00. The van der Waals surface area contributed by atoms with Crippen molar-refractivity contribution >= 4 is 27.5 Å². The smallest absolute Gasteiger partial charge is 0.124 e. The maximum atomic E-state index is 13.0. The predicted molar refractivity (Wildman–Crippen MR) is 55.7 cm³/mol. The number of alkyl halides is 1. The zero-order chi connectivity index (χ0) is 9.42. The third-order valence-electron chi connectivity index (χ3n) is 2.43. The molecular weight excluding hydrogens is 254 g/mol. The van der Waals surface area contributed by atoms with Gasteiger partial charge in [-0.15, -0.1) is 11.6 Å². The SMILES string of the molecule is Fc1cc(Br)cc(C2CC2CCl)c1. The number of rotatable bonds is 2. The minimum Gasteiger partial charge on any atom is -0.207 e. The van der Waals surface area contributed by atoms with Crippen LogP contribution in [0.5, 0.6) is 0 Å². The van der Waals surface area contributed by atoms with Crippen LogP contribution in [0, 0.1) is 11.7 Å². The lowest BCUT2D eigenvalue weighted by molar-refractivity contribution is 0.624. The summed E-state index contributed by atoms with van der Waals surface area (Å²) in [5.41, 5.74) is 1.07. The van der Waals surface area contributed by atoms with E-state index < -0.39 is 0 Å². The minimum atomic E-state index is -0.176. The van der Waals surface area contributed by atoms with Crippen molar-refractivity contribution in [3.05, 3.63) is 34.1 Å². The Morgan fingerprint density at radius 2 is 2.23 bits per heavy atom. The zero-order valence-electron chi connectivity index (χ0n) is 6.93. The highest BCUT2D eigenvalue weighted by molar-refractivity contribution is 9.10. The van der Waals surface area contributed by atoms with Crippen LogP contribution in [0.15, 0.2) is 22.7 Å². The third-order valence-corrected chi connectivity index (χ3v) is 3.29. The van der Waals surface area contributed by atoms with E-state index >= 15 is 0 Å². The van der Waals surface area contributed by atoms with Gasteiger partial charge < -0.3 is 0 Å². The Labute approximate surface area is 90.2 Å². The van der Waals surface area contributed by atoms with E-state index in [1.165, 1.54) is 6.07 Å². The summed E-state index contributed by atoms with van der Waals surface area (Å²) in [7, 11) is 0. The van der Waals surface area contributed by atoms with E-state index in [2.05, 4.69) is 15.9 Å². The molecule has 0 aromatic heterocycles. The summed E-state index contributed by atoms with van der Waals surface area (Å²) in [4.78, 5) is 0. The topological polar surface area (TPSA) is 0 Å². The van der Waals surface area contributed by atoms with Gasteiger partial charge in [0.1, 0.15) is 5.82 Å². The van der Waals surface area contributed by atoms with Crippen LogP contribution >= 0.6 is 27.5 Å². The molecule has 1 saturated carbocycles. The molecular formula is C10H9BrClF. The Balaban J connectivity index is 2.22. The molecule has 1 fully saturated rings. The highest BCUT2D eigenvalue weighted by Gasteiger charge is 2.37. The Morgan fingerprint density at radius 3 is 2.77 bits per heavy atom. The summed E-state index contributed by atoms with van der Waals surface area (Å²) >= 11 is 9.00. The molecule has 1 aromatic carbocycles. The van der Waals surface area contributed by atoms with E-state index in [1.807, 2.05) is 6.07 Å². The summed E-state index contributed by atoms with van der Waals surface area (Å²) in [5.74, 6) is 1.53. The Bertz CT molecular complexity index is 306. The van der Waals surface area contributed by atoms with Crippen molar-refractivity contribution in [1.29, 1.82) is 0 Å². The first-order valence-electron chi connectivity index (χ1n) is 4.22. The maximum absolute atomic E-state index is 13.0. The molecule has 70 valence electrons. The van der Waals surface area contributed by atoms with Crippen molar-refractivity contribution in [1.82, 2.24) is 0 Å². The Kier molecular flexibility index (Phi) is 2.61. The molecule has 0 bridgehead atoms. The third kappa shape index (κ3) is 2.05. The molecule has 2 atom stereocenters. The van der Waals surface area contributed by atoms with Crippen LogP contribution in [0.3, 0.4) is 0 Å². The molecule has 0 amide bonds. The van der Waals surface area contributed by atoms with Crippen molar-refractivity contribution in [3.8, 4) is 0 Å². The molecule has 0 saturated heterocycles. The molecule has 13 heavy (non-hydrogen) atoms. The first-order valence-corrected chi connectivity index (χ1v) is 5.55. The molecule has 1 aromatic rings. The minimum absolute atomic E-state index is 0.176. The van der Waals surface area contributed by atoms with Crippen molar-refractivity contribution in [3.63, 3.8) is 0 Å². The molecule has 1 aliphatic rings. The number of hydrogen-bond acceptors (Lipinski definition) is 0. The van der Waals surface area contributed by atoms with E-state index in [4.69, 9.17) is 11.6 Å². The Hall–Kier alpha value is -0.0800. The zero-order valence-corrected chi connectivity index (χ0v) is 9.28. The fourth-order valence-corrected chi connectivity index (χ4v) is 2.44. The van der Waals surface area contributed by atoms with Crippen molar-refractivity contribution in [2.24, 2.45) is 5.92 Å². The highest BCUT2D eigenvalue weighted by atomic mass is 79.9. The summed E-state index contributed by atoms with van der Waals surface area (Å²) < 4.78 is 13.8. The van der Waals surface area contributed by atoms with Crippen LogP contribution in [0.4, 0.5) is 4.39 Å². The van der Waals surface area contributed by atoms with Gasteiger partial charge in [0.25, 0.3) is 0 Å². The average Bonchev–Trinajstić information content (AvgIpc) is 2.80. The molecule has 0 spiro atoms. The highest BCUT2D eigenvalue weighted by Crippen LogP contribution is 2.48. The summed E-state index contributed by atoms with van der Waals surface area (Å²) in [6.45, 7) is 0. The lowest BCUT2D eigenvalue weighted by Crippen LogP contribution is -1.86. The summed E-state index contributed by atoms with van der Waals surface area (Å²) in [6, 6.07) is 5.05. The molecule has 0 heterocycles. The lowest BCUT2D eigenvalue weighted by atomic mass is 10.1. The standard InChI is InChI=1S/C10H9BrClF/c11-8-1-6(2-9(13)4-8)10-3-7(10)5-12/h1-2,4,7,10H,3,5H2. The van der Waals surface area contributed by atoms with Crippen LogP contribution in [0.1, 0.15) is 17.9 Å². The van der Waals surface area contributed by atoms with Gasteiger partial charge in [-0.25, -0.2) is 4.39 Å². The predicted octanol–water partition coefficient (Wildman–Crippen LogP) is 3.93. The van der Waals surface area contributed by atoms with Crippen LogP contribution in [0.25, 0.3) is 0 Å². The second-order valence-corrected chi connectivity index (χ2v) is 4.68. The van der Waals surface area contributed by atoms with E-state index in [1.54, 1.807) is 6.07 Å². The van der Waals surface area contributed by atoms with E-state index in [0.29, 0.717) is 17.7 Å². The monoisotopic (exact) mass is 262 g/mol. The molecule has 3 heteroatoms. The number of hydrogen-bond donors (Lipinski definition) is 0. The first-order chi connectivity index (χ1) is 6.20. The molecule has 2 unspecified atom stereocenters. The molecule has 2 rings (SSSR count). The van der Waals surface area contributed by atoms with Gasteiger partial charge >= 0.3 is 0 Å². The van der Waals surface area contributed by atoms with Crippen molar-refractivity contribution < 1.29 is 4.39 Å². The molecule has 1 aliphatic carbocycles. The molecule has 0 aliphatic heterocycles. The summed E-state index contributed by atoms with van der Waals surface area (Å²) in [6.07, 6.45) is 1.10. The molecule has 0 N–H and O–H groups in total.